The molecule has 0 bridgehead atoms. The second kappa shape index (κ2) is 8.97. The zero-order valence-corrected chi connectivity index (χ0v) is 15.0. The van der Waals surface area contributed by atoms with Crippen molar-refractivity contribution in [2.75, 3.05) is 13.6 Å². The van der Waals surface area contributed by atoms with Crippen LogP contribution >= 0.6 is 0 Å². The first-order chi connectivity index (χ1) is 12.0. The normalized spacial score (nSPS) is 10.6. The molecule has 2 rings (SSSR count). The fourth-order valence-corrected chi connectivity index (χ4v) is 2.39. The monoisotopic (exact) mass is 339 g/mol. The third kappa shape index (κ3) is 5.71. The molecule has 1 heterocycles. The van der Waals surface area contributed by atoms with Gasteiger partial charge in [-0.2, -0.15) is 0 Å². The lowest BCUT2D eigenvalue weighted by Crippen LogP contribution is -2.28. The Balaban J connectivity index is 2.01. The number of amides is 2. The highest BCUT2D eigenvalue weighted by Crippen LogP contribution is 2.09. The summed E-state index contributed by atoms with van der Waals surface area (Å²) in [5.41, 5.74) is 1.77. The molecule has 1 N–H and O–H groups in total. The lowest BCUT2D eigenvalue weighted by Gasteiger charge is -2.17. The third-order valence-corrected chi connectivity index (χ3v) is 3.86. The van der Waals surface area contributed by atoms with Crippen LogP contribution in [0.4, 0.5) is 0 Å². The molecule has 0 radical (unpaired) electrons. The summed E-state index contributed by atoms with van der Waals surface area (Å²) in [6, 6.07) is 12.9. The number of hydrogen-bond acceptors (Lipinski definition) is 3. The number of carbonyl (C=O) groups excluding carboxylic acids is 2. The van der Waals surface area contributed by atoms with E-state index in [1.165, 1.54) is 6.20 Å². The van der Waals surface area contributed by atoms with Gasteiger partial charge in [-0.15, -0.1) is 0 Å². The van der Waals surface area contributed by atoms with E-state index in [2.05, 4.69) is 24.1 Å². The zero-order valence-electron chi connectivity index (χ0n) is 15.0. The lowest BCUT2D eigenvalue weighted by atomic mass is 10.1. The van der Waals surface area contributed by atoms with E-state index >= 15 is 0 Å². The molecule has 1 aromatic heterocycles. The lowest BCUT2D eigenvalue weighted by molar-refractivity contribution is 0.0779. The van der Waals surface area contributed by atoms with Crippen molar-refractivity contribution >= 4 is 11.8 Å². The van der Waals surface area contributed by atoms with E-state index in [1.54, 1.807) is 24.1 Å². The number of rotatable bonds is 7. The first-order valence-corrected chi connectivity index (χ1v) is 8.51. The number of nitrogens with zero attached hydrogens (tertiary/aromatic N) is 2. The van der Waals surface area contributed by atoms with Gasteiger partial charge in [0, 0.05) is 31.9 Å². The number of aromatic nitrogens is 1. The molecule has 0 spiro atoms. The Kier molecular flexibility index (Phi) is 6.69. The van der Waals surface area contributed by atoms with Gasteiger partial charge < -0.3 is 10.2 Å². The second-order valence-corrected chi connectivity index (χ2v) is 6.51. The van der Waals surface area contributed by atoms with Crippen molar-refractivity contribution in [2.45, 2.75) is 26.8 Å². The van der Waals surface area contributed by atoms with Crippen LogP contribution in [0.3, 0.4) is 0 Å². The average molecular weight is 339 g/mol. The van der Waals surface area contributed by atoms with Crippen molar-refractivity contribution in [3.05, 3.63) is 65.5 Å². The predicted molar refractivity (Wildman–Crippen MR) is 98.3 cm³/mol. The molecule has 0 aliphatic carbocycles. The zero-order chi connectivity index (χ0) is 18.2. The van der Waals surface area contributed by atoms with Gasteiger partial charge in [0.2, 0.25) is 0 Å². The summed E-state index contributed by atoms with van der Waals surface area (Å²) >= 11 is 0. The molecule has 132 valence electrons. The fourth-order valence-electron chi connectivity index (χ4n) is 2.39. The summed E-state index contributed by atoms with van der Waals surface area (Å²) in [5.74, 6) is 0.144. The Labute approximate surface area is 149 Å². The summed E-state index contributed by atoms with van der Waals surface area (Å²) in [5, 5.41) is 2.87. The van der Waals surface area contributed by atoms with Crippen molar-refractivity contribution in [3.8, 4) is 0 Å². The minimum atomic E-state index is -0.208. The molecule has 0 unspecified atom stereocenters. The van der Waals surface area contributed by atoms with Crippen molar-refractivity contribution < 1.29 is 9.59 Å². The number of hydrogen-bond donors (Lipinski definition) is 1. The average Bonchev–Trinajstić information content (AvgIpc) is 2.61. The van der Waals surface area contributed by atoms with Crippen LogP contribution < -0.4 is 5.32 Å². The van der Waals surface area contributed by atoms with Crippen molar-refractivity contribution in [1.82, 2.24) is 15.2 Å². The summed E-state index contributed by atoms with van der Waals surface area (Å²) in [6.45, 7) is 5.33. The molecule has 5 nitrogen and oxygen atoms in total. The van der Waals surface area contributed by atoms with Gasteiger partial charge in [-0.05, 0) is 30.0 Å². The molecule has 0 fully saturated rings. The van der Waals surface area contributed by atoms with E-state index in [0.717, 1.165) is 12.0 Å². The molecule has 25 heavy (non-hydrogen) atoms. The molecular formula is C20H25N3O2. The first kappa shape index (κ1) is 18.6. The summed E-state index contributed by atoms with van der Waals surface area (Å²) < 4.78 is 0. The van der Waals surface area contributed by atoms with E-state index in [4.69, 9.17) is 0 Å². The summed E-state index contributed by atoms with van der Waals surface area (Å²) in [6.07, 6.45) is 2.42. The van der Waals surface area contributed by atoms with Crippen LogP contribution in [0.15, 0.2) is 48.7 Å². The quantitative estimate of drug-likeness (QED) is 0.843. The smallest absolute Gasteiger partial charge is 0.272 e. The summed E-state index contributed by atoms with van der Waals surface area (Å²) in [4.78, 5) is 30.5. The molecule has 5 heteroatoms. The van der Waals surface area contributed by atoms with Crippen molar-refractivity contribution in [2.24, 2.45) is 5.92 Å². The SMILES string of the molecule is CC(C)CCNC(=O)c1ccnc(C(=O)N(C)Cc2ccccc2)c1. The Morgan fingerprint density at radius 3 is 2.56 bits per heavy atom. The van der Waals surface area contributed by atoms with Crippen LogP contribution in [0.5, 0.6) is 0 Å². The van der Waals surface area contributed by atoms with Crippen LogP contribution in [0.25, 0.3) is 0 Å². The van der Waals surface area contributed by atoms with Gasteiger partial charge in [-0.1, -0.05) is 44.2 Å². The van der Waals surface area contributed by atoms with Gasteiger partial charge in [-0.25, -0.2) is 0 Å². The molecule has 0 aliphatic rings. The van der Waals surface area contributed by atoms with Gasteiger partial charge in [0.1, 0.15) is 5.69 Å². The number of pyridine rings is 1. The van der Waals surface area contributed by atoms with E-state index in [-0.39, 0.29) is 17.5 Å². The number of nitrogens with one attached hydrogen (secondary N) is 1. The highest BCUT2D eigenvalue weighted by atomic mass is 16.2. The Bertz CT molecular complexity index is 714. The molecule has 0 aliphatic heterocycles. The highest BCUT2D eigenvalue weighted by Gasteiger charge is 2.16. The molecule has 2 aromatic rings. The Hall–Kier alpha value is -2.69. The van der Waals surface area contributed by atoms with Crippen LogP contribution in [-0.4, -0.2) is 35.3 Å². The molecular weight excluding hydrogens is 314 g/mol. The maximum Gasteiger partial charge on any atom is 0.272 e. The minimum absolute atomic E-state index is 0.178. The van der Waals surface area contributed by atoms with Gasteiger partial charge in [-0.3, -0.25) is 14.6 Å². The van der Waals surface area contributed by atoms with E-state index in [0.29, 0.717) is 24.6 Å². The predicted octanol–water partition coefficient (Wildman–Crippen LogP) is 3.13. The van der Waals surface area contributed by atoms with Gasteiger partial charge >= 0.3 is 0 Å². The largest absolute Gasteiger partial charge is 0.352 e. The molecule has 0 saturated carbocycles. The Morgan fingerprint density at radius 1 is 1.16 bits per heavy atom. The van der Waals surface area contributed by atoms with Crippen LogP contribution in [0.1, 0.15) is 46.7 Å². The first-order valence-electron chi connectivity index (χ1n) is 8.51. The van der Waals surface area contributed by atoms with Gasteiger partial charge in [0.15, 0.2) is 0 Å². The van der Waals surface area contributed by atoms with E-state index in [9.17, 15) is 9.59 Å². The van der Waals surface area contributed by atoms with E-state index in [1.807, 2.05) is 30.3 Å². The number of carbonyl (C=O) groups is 2. The minimum Gasteiger partial charge on any atom is -0.352 e. The summed E-state index contributed by atoms with van der Waals surface area (Å²) in [7, 11) is 1.73. The molecule has 0 atom stereocenters. The van der Waals surface area contributed by atoms with Crippen molar-refractivity contribution in [3.63, 3.8) is 0 Å². The molecule has 1 aromatic carbocycles. The maximum atomic E-state index is 12.6. The van der Waals surface area contributed by atoms with Crippen LogP contribution in [0.2, 0.25) is 0 Å². The third-order valence-electron chi connectivity index (χ3n) is 3.86. The standard InChI is InChI=1S/C20H25N3O2/c1-15(2)9-11-22-19(24)17-10-12-21-18(13-17)20(25)23(3)14-16-7-5-4-6-8-16/h4-8,10,12-13,15H,9,11,14H2,1-3H3,(H,22,24). The second-order valence-electron chi connectivity index (χ2n) is 6.51. The molecule has 0 saturated heterocycles. The van der Waals surface area contributed by atoms with Crippen LogP contribution in [0, 0.1) is 5.92 Å². The van der Waals surface area contributed by atoms with Crippen molar-refractivity contribution in [1.29, 1.82) is 0 Å². The topological polar surface area (TPSA) is 62.3 Å². The Morgan fingerprint density at radius 2 is 1.88 bits per heavy atom. The van der Waals surface area contributed by atoms with Crippen LogP contribution in [-0.2, 0) is 6.54 Å². The van der Waals surface area contributed by atoms with Gasteiger partial charge in [0.25, 0.3) is 11.8 Å². The number of benzene rings is 1. The van der Waals surface area contributed by atoms with Gasteiger partial charge in [0.05, 0.1) is 0 Å². The highest BCUT2D eigenvalue weighted by molar-refractivity contribution is 5.98. The fraction of sp³-hybridized carbons (Fsp3) is 0.350. The molecule has 2 amide bonds. The van der Waals surface area contributed by atoms with E-state index < -0.39 is 0 Å². The maximum absolute atomic E-state index is 12.6.